The number of nitrogens with zero attached hydrogens (tertiary/aromatic N) is 3. The summed E-state index contributed by atoms with van der Waals surface area (Å²) in [6, 6.07) is 6.15. The summed E-state index contributed by atoms with van der Waals surface area (Å²) in [4.78, 5) is 8.50. The van der Waals surface area contributed by atoms with Crippen molar-refractivity contribution < 1.29 is 4.42 Å². The van der Waals surface area contributed by atoms with E-state index in [0.29, 0.717) is 17.4 Å². The van der Waals surface area contributed by atoms with E-state index in [2.05, 4.69) is 45.4 Å². The molecule has 0 aliphatic rings. The van der Waals surface area contributed by atoms with Gasteiger partial charge in [0.1, 0.15) is 5.58 Å². The van der Waals surface area contributed by atoms with Crippen molar-refractivity contribution in [3.8, 4) is 0 Å². The standard InChI is InChI=1S/C18H19N5O/c1-3-11(4-2)14-10-24-15-9-12(5-6-13(14)15)21-18-16-17(22-23-18)20-8-7-19-16/h5-11H,3-4H2,1-2H3,(H2,20,21,22,23). The van der Waals surface area contributed by atoms with Crippen LogP contribution in [0.2, 0.25) is 0 Å². The molecule has 3 heterocycles. The normalized spacial score (nSPS) is 11.6. The molecule has 0 aliphatic carbocycles. The highest BCUT2D eigenvalue weighted by molar-refractivity contribution is 5.88. The third-order valence-corrected chi connectivity index (χ3v) is 4.49. The summed E-state index contributed by atoms with van der Waals surface area (Å²) in [7, 11) is 0. The van der Waals surface area contributed by atoms with E-state index in [1.165, 1.54) is 10.9 Å². The summed E-state index contributed by atoms with van der Waals surface area (Å²) in [5, 5.41) is 11.6. The highest BCUT2D eigenvalue weighted by atomic mass is 16.3. The maximum atomic E-state index is 5.78. The molecule has 0 saturated carbocycles. The summed E-state index contributed by atoms with van der Waals surface area (Å²) in [6.45, 7) is 4.43. The van der Waals surface area contributed by atoms with E-state index in [4.69, 9.17) is 4.42 Å². The van der Waals surface area contributed by atoms with Gasteiger partial charge in [-0.05, 0) is 30.9 Å². The summed E-state index contributed by atoms with van der Waals surface area (Å²) in [5.41, 5.74) is 4.46. The molecule has 6 nitrogen and oxygen atoms in total. The van der Waals surface area contributed by atoms with Crippen LogP contribution in [0.1, 0.15) is 38.2 Å². The predicted octanol–water partition coefficient (Wildman–Crippen LogP) is 4.75. The Morgan fingerprint density at radius 1 is 1.17 bits per heavy atom. The molecule has 4 rings (SSSR count). The molecule has 0 bridgehead atoms. The second-order valence-corrected chi connectivity index (χ2v) is 5.87. The van der Waals surface area contributed by atoms with E-state index < -0.39 is 0 Å². The maximum absolute atomic E-state index is 5.78. The predicted molar refractivity (Wildman–Crippen MR) is 94.5 cm³/mol. The molecule has 0 atom stereocenters. The molecule has 3 aromatic heterocycles. The third kappa shape index (κ3) is 2.40. The first kappa shape index (κ1) is 14.7. The highest BCUT2D eigenvalue weighted by Crippen LogP contribution is 2.33. The number of anilines is 2. The number of fused-ring (bicyclic) bond motifs is 2. The van der Waals surface area contributed by atoms with Gasteiger partial charge in [0.2, 0.25) is 0 Å². The van der Waals surface area contributed by atoms with E-state index in [9.17, 15) is 0 Å². The first-order chi connectivity index (χ1) is 11.8. The quantitative estimate of drug-likeness (QED) is 0.554. The summed E-state index contributed by atoms with van der Waals surface area (Å²) >= 11 is 0. The van der Waals surface area contributed by atoms with Crippen LogP contribution in [-0.2, 0) is 0 Å². The number of aromatic nitrogens is 4. The summed E-state index contributed by atoms with van der Waals surface area (Å²) < 4.78 is 5.78. The second-order valence-electron chi connectivity index (χ2n) is 5.87. The molecule has 0 aliphatic heterocycles. The van der Waals surface area contributed by atoms with Crippen LogP contribution in [0.25, 0.3) is 22.1 Å². The van der Waals surface area contributed by atoms with Crippen LogP contribution in [0.15, 0.2) is 41.3 Å². The van der Waals surface area contributed by atoms with Gasteiger partial charge < -0.3 is 9.73 Å². The molecule has 0 amide bonds. The topological polar surface area (TPSA) is 79.6 Å². The van der Waals surface area contributed by atoms with Gasteiger partial charge in [0.15, 0.2) is 17.0 Å². The van der Waals surface area contributed by atoms with Gasteiger partial charge in [-0.15, -0.1) is 0 Å². The number of benzene rings is 1. The zero-order chi connectivity index (χ0) is 16.5. The Morgan fingerprint density at radius 2 is 2.00 bits per heavy atom. The van der Waals surface area contributed by atoms with Crippen LogP contribution in [0.5, 0.6) is 0 Å². The Kier molecular flexibility index (Phi) is 3.65. The van der Waals surface area contributed by atoms with Crippen molar-refractivity contribution in [3.05, 3.63) is 42.4 Å². The van der Waals surface area contributed by atoms with Crippen molar-refractivity contribution in [1.82, 2.24) is 20.2 Å². The lowest BCUT2D eigenvalue weighted by atomic mass is 9.94. The molecule has 4 aromatic rings. The van der Waals surface area contributed by atoms with Gasteiger partial charge in [-0.3, -0.25) is 5.10 Å². The molecule has 0 unspecified atom stereocenters. The average molecular weight is 321 g/mol. The lowest BCUT2D eigenvalue weighted by molar-refractivity contribution is 0.585. The third-order valence-electron chi connectivity index (χ3n) is 4.49. The van der Waals surface area contributed by atoms with E-state index in [0.717, 1.165) is 29.6 Å². The molecule has 0 fully saturated rings. The number of H-pyrrole nitrogens is 1. The van der Waals surface area contributed by atoms with Crippen LogP contribution in [0.4, 0.5) is 11.5 Å². The Balaban J connectivity index is 1.68. The van der Waals surface area contributed by atoms with Crippen molar-refractivity contribution >= 4 is 33.6 Å². The van der Waals surface area contributed by atoms with Crippen molar-refractivity contribution in [2.24, 2.45) is 0 Å². The number of hydrogen-bond acceptors (Lipinski definition) is 5. The number of rotatable bonds is 5. The number of aromatic amines is 1. The first-order valence-electron chi connectivity index (χ1n) is 8.23. The zero-order valence-electron chi connectivity index (χ0n) is 13.7. The van der Waals surface area contributed by atoms with Gasteiger partial charge in [-0.2, -0.15) is 5.10 Å². The molecule has 24 heavy (non-hydrogen) atoms. The number of hydrogen-bond donors (Lipinski definition) is 2. The van der Waals surface area contributed by atoms with E-state index in [1.807, 2.05) is 18.4 Å². The SMILES string of the molecule is CCC(CC)c1coc2cc(Nc3n[nH]c4nccnc34)ccc12. The van der Waals surface area contributed by atoms with Crippen molar-refractivity contribution in [2.45, 2.75) is 32.6 Å². The van der Waals surface area contributed by atoms with Gasteiger partial charge in [-0.25, -0.2) is 9.97 Å². The summed E-state index contributed by atoms with van der Waals surface area (Å²) in [6.07, 6.45) is 7.41. The molecule has 0 spiro atoms. The fourth-order valence-corrected chi connectivity index (χ4v) is 3.15. The molecule has 0 saturated heterocycles. The molecular formula is C18H19N5O. The molecular weight excluding hydrogens is 302 g/mol. The number of nitrogens with one attached hydrogen (secondary N) is 2. The molecule has 2 N–H and O–H groups in total. The Morgan fingerprint density at radius 3 is 2.83 bits per heavy atom. The van der Waals surface area contributed by atoms with Gasteiger partial charge in [-0.1, -0.05) is 13.8 Å². The van der Waals surface area contributed by atoms with Gasteiger partial charge >= 0.3 is 0 Å². The minimum atomic E-state index is 0.538. The van der Waals surface area contributed by atoms with Crippen LogP contribution in [-0.4, -0.2) is 20.2 Å². The van der Waals surface area contributed by atoms with Gasteiger partial charge in [0.05, 0.1) is 6.26 Å². The van der Waals surface area contributed by atoms with Crippen LogP contribution >= 0.6 is 0 Å². The van der Waals surface area contributed by atoms with Crippen LogP contribution in [0, 0.1) is 0 Å². The van der Waals surface area contributed by atoms with E-state index >= 15 is 0 Å². The van der Waals surface area contributed by atoms with Gasteiger partial charge in [0.25, 0.3) is 0 Å². The summed E-state index contributed by atoms with van der Waals surface area (Å²) in [5.74, 6) is 1.19. The van der Waals surface area contributed by atoms with Crippen molar-refractivity contribution in [3.63, 3.8) is 0 Å². The van der Waals surface area contributed by atoms with Gasteiger partial charge in [0, 0.05) is 35.1 Å². The minimum absolute atomic E-state index is 0.538. The lowest BCUT2D eigenvalue weighted by Crippen LogP contribution is -1.94. The van der Waals surface area contributed by atoms with Crippen molar-refractivity contribution in [1.29, 1.82) is 0 Å². The fraction of sp³-hybridized carbons (Fsp3) is 0.278. The Hall–Kier alpha value is -2.89. The molecule has 0 radical (unpaired) electrons. The smallest absolute Gasteiger partial charge is 0.180 e. The molecule has 6 heteroatoms. The zero-order valence-corrected chi connectivity index (χ0v) is 13.7. The maximum Gasteiger partial charge on any atom is 0.180 e. The Labute approximate surface area is 139 Å². The second kappa shape index (κ2) is 5.96. The fourth-order valence-electron chi connectivity index (χ4n) is 3.15. The largest absolute Gasteiger partial charge is 0.464 e. The van der Waals surface area contributed by atoms with Crippen molar-refractivity contribution in [2.75, 3.05) is 5.32 Å². The first-order valence-corrected chi connectivity index (χ1v) is 8.23. The number of furan rings is 1. The van der Waals surface area contributed by atoms with E-state index in [-0.39, 0.29) is 0 Å². The molecule has 122 valence electrons. The van der Waals surface area contributed by atoms with E-state index in [1.54, 1.807) is 12.4 Å². The van der Waals surface area contributed by atoms with Crippen LogP contribution in [0.3, 0.4) is 0 Å². The Bertz CT molecular complexity index is 983. The lowest BCUT2D eigenvalue weighted by Gasteiger charge is -2.10. The minimum Gasteiger partial charge on any atom is -0.464 e. The highest BCUT2D eigenvalue weighted by Gasteiger charge is 2.15. The van der Waals surface area contributed by atoms with Crippen LogP contribution < -0.4 is 5.32 Å². The average Bonchev–Trinajstić information content (AvgIpc) is 3.21. The molecule has 1 aromatic carbocycles. The monoisotopic (exact) mass is 321 g/mol.